The summed E-state index contributed by atoms with van der Waals surface area (Å²) >= 11 is 0. The van der Waals surface area contributed by atoms with E-state index in [-0.39, 0.29) is 30.2 Å². The summed E-state index contributed by atoms with van der Waals surface area (Å²) in [4.78, 5) is 21.7. The fraction of sp³-hybridized carbons (Fsp3) is 0.385. The minimum atomic E-state index is -3.73. The van der Waals surface area contributed by atoms with Gasteiger partial charge >= 0.3 is 0 Å². The van der Waals surface area contributed by atoms with E-state index in [2.05, 4.69) is 0 Å². The van der Waals surface area contributed by atoms with E-state index < -0.39 is 10.0 Å². The van der Waals surface area contributed by atoms with Gasteiger partial charge in [-0.2, -0.15) is 4.31 Å². The summed E-state index contributed by atoms with van der Waals surface area (Å²) in [5.41, 5.74) is 0.949. The molecule has 0 spiro atoms. The SMILES string of the molecule is CC(=O)CN(CCC=O)S(=O)(=O)c1ccc(C)cc1. The van der Waals surface area contributed by atoms with Gasteiger partial charge in [0.15, 0.2) is 0 Å². The Morgan fingerprint density at radius 2 is 1.84 bits per heavy atom. The van der Waals surface area contributed by atoms with Crippen LogP contribution in [0.5, 0.6) is 0 Å². The van der Waals surface area contributed by atoms with Crippen molar-refractivity contribution < 1.29 is 18.0 Å². The van der Waals surface area contributed by atoms with E-state index in [1.807, 2.05) is 6.92 Å². The van der Waals surface area contributed by atoms with Gasteiger partial charge in [0.1, 0.15) is 12.1 Å². The number of benzene rings is 1. The maximum Gasteiger partial charge on any atom is 0.243 e. The topological polar surface area (TPSA) is 71.5 Å². The summed E-state index contributed by atoms with van der Waals surface area (Å²) in [5, 5.41) is 0. The van der Waals surface area contributed by atoms with Crippen LogP contribution in [0.3, 0.4) is 0 Å². The number of carbonyl (C=O) groups is 2. The van der Waals surface area contributed by atoms with Crippen molar-refractivity contribution >= 4 is 22.1 Å². The fourth-order valence-electron chi connectivity index (χ4n) is 1.59. The summed E-state index contributed by atoms with van der Waals surface area (Å²) in [7, 11) is -3.73. The minimum absolute atomic E-state index is 0.0132. The lowest BCUT2D eigenvalue weighted by Crippen LogP contribution is -2.36. The highest BCUT2D eigenvalue weighted by Gasteiger charge is 2.24. The Morgan fingerprint density at radius 3 is 2.32 bits per heavy atom. The van der Waals surface area contributed by atoms with E-state index in [0.717, 1.165) is 9.87 Å². The third kappa shape index (κ3) is 4.25. The van der Waals surface area contributed by atoms with E-state index in [1.54, 1.807) is 12.1 Å². The highest BCUT2D eigenvalue weighted by molar-refractivity contribution is 7.89. The van der Waals surface area contributed by atoms with Gasteiger partial charge in [0, 0.05) is 13.0 Å². The van der Waals surface area contributed by atoms with Crippen molar-refractivity contribution in [2.24, 2.45) is 0 Å². The highest BCUT2D eigenvalue weighted by Crippen LogP contribution is 2.16. The average molecular weight is 283 g/mol. The Hall–Kier alpha value is -1.53. The summed E-state index contributed by atoms with van der Waals surface area (Å²) in [6.45, 7) is 2.97. The molecule has 6 heteroatoms. The molecule has 1 aromatic carbocycles. The smallest absolute Gasteiger partial charge is 0.243 e. The molecule has 0 fully saturated rings. The van der Waals surface area contributed by atoms with Crippen LogP contribution >= 0.6 is 0 Å². The normalized spacial score (nSPS) is 11.5. The van der Waals surface area contributed by atoms with Crippen molar-refractivity contribution in [2.45, 2.75) is 25.2 Å². The minimum Gasteiger partial charge on any atom is -0.303 e. The van der Waals surface area contributed by atoms with Crippen LogP contribution in [0.2, 0.25) is 0 Å². The second kappa shape index (κ2) is 6.58. The molecule has 0 amide bonds. The third-order valence-electron chi connectivity index (χ3n) is 2.55. The molecule has 1 aromatic rings. The molecule has 0 saturated carbocycles. The number of aldehydes is 1. The largest absolute Gasteiger partial charge is 0.303 e. The van der Waals surface area contributed by atoms with E-state index in [0.29, 0.717) is 6.29 Å². The van der Waals surface area contributed by atoms with Crippen molar-refractivity contribution in [1.82, 2.24) is 4.31 Å². The van der Waals surface area contributed by atoms with Gasteiger partial charge in [-0.05, 0) is 26.0 Å². The molecule has 0 saturated heterocycles. The molecule has 0 unspecified atom stereocenters. The van der Waals surface area contributed by atoms with Crippen LogP contribution in [0.15, 0.2) is 29.2 Å². The molecule has 5 nitrogen and oxygen atoms in total. The number of hydrogen-bond acceptors (Lipinski definition) is 4. The van der Waals surface area contributed by atoms with Crippen molar-refractivity contribution in [3.63, 3.8) is 0 Å². The quantitative estimate of drug-likeness (QED) is 0.704. The molecule has 1 rings (SSSR count). The molecule has 104 valence electrons. The molecule has 0 aromatic heterocycles. The van der Waals surface area contributed by atoms with Gasteiger partial charge < -0.3 is 4.79 Å². The van der Waals surface area contributed by atoms with Crippen LogP contribution in [-0.4, -0.2) is 37.9 Å². The standard InChI is InChI=1S/C13H17NO4S/c1-11-4-6-13(7-5-11)19(17,18)14(8-3-9-15)10-12(2)16/h4-7,9H,3,8,10H2,1-2H3. The molecule has 0 aliphatic carbocycles. The Balaban J connectivity index is 3.07. The molecular weight excluding hydrogens is 266 g/mol. The van der Waals surface area contributed by atoms with Gasteiger partial charge in [0.25, 0.3) is 0 Å². The Labute approximate surface area is 113 Å². The van der Waals surface area contributed by atoms with Crippen LogP contribution in [-0.2, 0) is 19.6 Å². The Morgan fingerprint density at radius 1 is 1.26 bits per heavy atom. The first kappa shape index (κ1) is 15.5. The first-order chi connectivity index (χ1) is 8.87. The molecule has 0 radical (unpaired) electrons. The number of hydrogen-bond donors (Lipinski definition) is 0. The second-order valence-corrected chi connectivity index (χ2v) is 6.25. The van der Waals surface area contributed by atoms with Gasteiger partial charge in [-0.3, -0.25) is 4.79 Å². The van der Waals surface area contributed by atoms with E-state index in [4.69, 9.17) is 0 Å². The maximum atomic E-state index is 12.3. The molecule has 0 aliphatic heterocycles. The lowest BCUT2D eigenvalue weighted by molar-refractivity contribution is -0.117. The third-order valence-corrected chi connectivity index (χ3v) is 4.41. The van der Waals surface area contributed by atoms with Gasteiger partial charge in [-0.15, -0.1) is 0 Å². The van der Waals surface area contributed by atoms with Gasteiger partial charge in [0.05, 0.1) is 11.4 Å². The fourth-order valence-corrected chi connectivity index (χ4v) is 3.06. The Bertz CT molecular complexity index is 549. The van der Waals surface area contributed by atoms with Crippen LogP contribution in [0.4, 0.5) is 0 Å². The van der Waals surface area contributed by atoms with Gasteiger partial charge in [0.2, 0.25) is 10.0 Å². The molecule has 0 atom stereocenters. The number of ketones is 1. The first-order valence-corrected chi connectivity index (χ1v) is 7.32. The van der Waals surface area contributed by atoms with Crippen molar-refractivity contribution in [3.8, 4) is 0 Å². The van der Waals surface area contributed by atoms with Crippen LogP contribution in [0.1, 0.15) is 18.9 Å². The molecule has 19 heavy (non-hydrogen) atoms. The molecule has 0 aliphatic rings. The first-order valence-electron chi connectivity index (χ1n) is 5.88. The summed E-state index contributed by atoms with van der Waals surface area (Å²) in [6.07, 6.45) is 0.705. The molecule has 0 heterocycles. The predicted molar refractivity (Wildman–Crippen MR) is 71.3 cm³/mol. The van der Waals surface area contributed by atoms with Crippen molar-refractivity contribution in [2.75, 3.05) is 13.1 Å². The van der Waals surface area contributed by atoms with E-state index in [1.165, 1.54) is 19.1 Å². The zero-order valence-corrected chi connectivity index (χ0v) is 11.8. The van der Waals surface area contributed by atoms with Gasteiger partial charge in [-0.1, -0.05) is 17.7 Å². The highest BCUT2D eigenvalue weighted by atomic mass is 32.2. The zero-order valence-electron chi connectivity index (χ0n) is 11.0. The molecular formula is C13H17NO4S. The predicted octanol–water partition coefficient (Wildman–Crippen LogP) is 1.16. The summed E-state index contributed by atoms with van der Waals surface area (Å²) in [6, 6.07) is 6.38. The zero-order chi connectivity index (χ0) is 14.5. The molecule has 0 N–H and O–H groups in total. The summed E-state index contributed by atoms with van der Waals surface area (Å²) in [5.74, 6) is -0.262. The average Bonchev–Trinajstić information content (AvgIpc) is 2.34. The molecule has 0 bridgehead atoms. The lowest BCUT2D eigenvalue weighted by Gasteiger charge is -2.20. The number of nitrogens with zero attached hydrogens (tertiary/aromatic N) is 1. The van der Waals surface area contributed by atoms with Crippen LogP contribution in [0.25, 0.3) is 0 Å². The monoisotopic (exact) mass is 283 g/mol. The van der Waals surface area contributed by atoms with E-state index in [9.17, 15) is 18.0 Å². The number of sulfonamides is 1. The maximum absolute atomic E-state index is 12.3. The number of carbonyl (C=O) groups excluding carboxylic acids is 2. The lowest BCUT2D eigenvalue weighted by atomic mass is 10.2. The summed E-state index contributed by atoms with van der Waals surface area (Å²) < 4.78 is 25.7. The van der Waals surface area contributed by atoms with Crippen LogP contribution in [0, 0.1) is 6.92 Å². The Kier molecular flexibility index (Phi) is 5.38. The van der Waals surface area contributed by atoms with Crippen LogP contribution < -0.4 is 0 Å². The number of rotatable bonds is 7. The van der Waals surface area contributed by atoms with Crippen molar-refractivity contribution in [1.29, 1.82) is 0 Å². The van der Waals surface area contributed by atoms with Crippen molar-refractivity contribution in [3.05, 3.63) is 29.8 Å². The van der Waals surface area contributed by atoms with Gasteiger partial charge in [-0.25, -0.2) is 8.42 Å². The van der Waals surface area contributed by atoms with E-state index >= 15 is 0 Å². The number of Topliss-reactive ketones (excluding diaryl/α,β-unsaturated/α-hetero) is 1. The second-order valence-electron chi connectivity index (χ2n) is 4.31. The number of aryl methyl sites for hydroxylation is 1.